The van der Waals surface area contributed by atoms with E-state index >= 15 is 0 Å². The van der Waals surface area contributed by atoms with E-state index in [4.69, 9.17) is 26.1 Å². The van der Waals surface area contributed by atoms with Crippen LogP contribution < -0.4 is 9.64 Å². The van der Waals surface area contributed by atoms with E-state index in [0.717, 1.165) is 0 Å². The fraction of sp³-hybridized carbons (Fsp3) is 0.536. The quantitative estimate of drug-likeness (QED) is 0.583. The molecule has 2 saturated heterocycles. The van der Waals surface area contributed by atoms with Gasteiger partial charge in [-0.05, 0) is 53.2 Å². The SMILES string of the molecule is CC(C)(C)OC(=O)N1CCN2C(=O)c3c(N4CC(O)CC4(C)C)nc(-c4ccccc4F)c(Cl)c3OC[C@H]2C1. The molecule has 2 fully saturated rings. The summed E-state index contributed by atoms with van der Waals surface area (Å²) in [5, 5.41) is 10.6. The molecule has 39 heavy (non-hydrogen) atoms. The Hall–Kier alpha value is -3.11. The lowest BCUT2D eigenvalue weighted by atomic mass is 10.00. The summed E-state index contributed by atoms with van der Waals surface area (Å²) < 4.78 is 26.7. The summed E-state index contributed by atoms with van der Waals surface area (Å²) in [6.07, 6.45) is -0.615. The van der Waals surface area contributed by atoms with Crippen molar-refractivity contribution in [2.75, 3.05) is 37.7 Å². The molecule has 2 atom stereocenters. The fourth-order valence-electron chi connectivity index (χ4n) is 5.55. The molecule has 2 amide bonds. The third kappa shape index (κ3) is 5.12. The first-order valence-corrected chi connectivity index (χ1v) is 13.5. The summed E-state index contributed by atoms with van der Waals surface area (Å²) >= 11 is 6.82. The Kier molecular flexibility index (Phi) is 6.91. The Balaban J connectivity index is 1.59. The lowest BCUT2D eigenvalue weighted by molar-refractivity contribution is 0.000952. The Bertz CT molecular complexity index is 1310. The first-order valence-electron chi connectivity index (χ1n) is 13.1. The van der Waals surface area contributed by atoms with Crippen molar-refractivity contribution in [3.8, 4) is 17.0 Å². The van der Waals surface area contributed by atoms with Crippen molar-refractivity contribution >= 4 is 29.4 Å². The van der Waals surface area contributed by atoms with Crippen LogP contribution in [0.25, 0.3) is 11.3 Å². The number of carbonyl (C=O) groups is 2. The van der Waals surface area contributed by atoms with Gasteiger partial charge in [-0.1, -0.05) is 23.7 Å². The second-order valence-electron chi connectivity index (χ2n) is 12.0. The zero-order valence-electron chi connectivity index (χ0n) is 22.8. The van der Waals surface area contributed by atoms with Crippen LogP contribution in [0.1, 0.15) is 51.4 Å². The second kappa shape index (κ2) is 9.82. The van der Waals surface area contributed by atoms with Crippen LogP contribution in [0, 0.1) is 5.82 Å². The minimum absolute atomic E-state index is 0.0357. The molecule has 4 heterocycles. The van der Waals surface area contributed by atoms with Crippen LogP contribution in [0.2, 0.25) is 5.02 Å². The highest BCUT2D eigenvalue weighted by Gasteiger charge is 2.45. The van der Waals surface area contributed by atoms with Gasteiger partial charge >= 0.3 is 6.09 Å². The van der Waals surface area contributed by atoms with Gasteiger partial charge in [0.25, 0.3) is 5.91 Å². The largest absolute Gasteiger partial charge is 0.489 e. The predicted molar refractivity (Wildman–Crippen MR) is 145 cm³/mol. The molecule has 0 radical (unpaired) electrons. The molecule has 210 valence electrons. The third-order valence-electron chi connectivity index (χ3n) is 7.35. The molecule has 3 aliphatic heterocycles. The summed E-state index contributed by atoms with van der Waals surface area (Å²) in [5.41, 5.74) is -0.677. The normalized spacial score (nSPS) is 22.7. The molecule has 9 nitrogen and oxygen atoms in total. The monoisotopic (exact) mass is 560 g/mol. The Morgan fingerprint density at radius 1 is 1.23 bits per heavy atom. The summed E-state index contributed by atoms with van der Waals surface area (Å²) in [4.78, 5) is 36.8. The van der Waals surface area contributed by atoms with E-state index in [1.165, 1.54) is 6.07 Å². The molecular weight excluding hydrogens is 527 g/mol. The highest BCUT2D eigenvalue weighted by Crippen LogP contribution is 2.46. The van der Waals surface area contributed by atoms with Gasteiger partial charge in [0.05, 0.1) is 17.8 Å². The van der Waals surface area contributed by atoms with Crippen molar-refractivity contribution < 1.29 is 28.6 Å². The molecule has 5 rings (SSSR count). The molecule has 0 bridgehead atoms. The maximum atomic E-state index is 14.9. The molecule has 1 aromatic carbocycles. The minimum Gasteiger partial charge on any atom is -0.489 e. The first kappa shape index (κ1) is 27.5. The molecule has 0 aliphatic carbocycles. The number of aliphatic hydroxyl groups excluding tert-OH is 1. The fourth-order valence-corrected chi connectivity index (χ4v) is 5.84. The molecule has 1 N–H and O–H groups in total. The number of anilines is 1. The standard InChI is InChI=1S/C28H34ClFN4O5/c1-27(2,3)39-26(37)32-10-11-33-16(13-32)15-38-23-20(25(33)36)24(34-14-17(35)12-28(34,4)5)31-22(21(23)29)18-8-6-7-9-19(18)30/h6-9,16-17,35H,10-15H2,1-5H3/t16-,17?/m1/s1. The Labute approximate surface area is 232 Å². The van der Waals surface area contributed by atoms with Crippen LogP contribution in [-0.4, -0.2) is 88.0 Å². The van der Waals surface area contributed by atoms with Crippen molar-refractivity contribution in [2.45, 2.75) is 64.3 Å². The van der Waals surface area contributed by atoms with E-state index < -0.39 is 35.2 Å². The van der Waals surface area contributed by atoms with Gasteiger partial charge in [-0.3, -0.25) is 4.79 Å². The van der Waals surface area contributed by atoms with Crippen LogP contribution in [0.3, 0.4) is 0 Å². The number of ether oxygens (including phenoxy) is 2. The van der Waals surface area contributed by atoms with Crippen LogP contribution in [0.4, 0.5) is 15.0 Å². The number of benzene rings is 1. The molecule has 0 saturated carbocycles. The predicted octanol–water partition coefficient (Wildman–Crippen LogP) is 4.34. The van der Waals surface area contributed by atoms with E-state index in [9.17, 15) is 19.1 Å². The highest BCUT2D eigenvalue weighted by atomic mass is 35.5. The number of fused-ring (bicyclic) bond motifs is 2. The number of aliphatic hydroxyl groups is 1. The Morgan fingerprint density at radius 2 is 1.95 bits per heavy atom. The number of aromatic nitrogens is 1. The van der Waals surface area contributed by atoms with E-state index in [1.54, 1.807) is 48.8 Å². The summed E-state index contributed by atoms with van der Waals surface area (Å²) in [7, 11) is 0. The number of hydrogen-bond acceptors (Lipinski definition) is 7. The van der Waals surface area contributed by atoms with E-state index in [0.29, 0.717) is 13.0 Å². The number of β-amino-alcohol motifs (C(OH)–C–C–N with tert-alkyl or cyclic N) is 1. The van der Waals surface area contributed by atoms with Gasteiger partial charge in [0.2, 0.25) is 0 Å². The number of hydrogen-bond donors (Lipinski definition) is 1. The second-order valence-corrected chi connectivity index (χ2v) is 12.3. The summed E-state index contributed by atoms with van der Waals surface area (Å²) in [5.74, 6) is -0.434. The number of piperazine rings is 1. The Morgan fingerprint density at radius 3 is 2.59 bits per heavy atom. The third-order valence-corrected chi connectivity index (χ3v) is 7.70. The maximum Gasteiger partial charge on any atom is 0.410 e. The zero-order chi connectivity index (χ0) is 28.3. The zero-order valence-corrected chi connectivity index (χ0v) is 23.6. The highest BCUT2D eigenvalue weighted by molar-refractivity contribution is 6.35. The van der Waals surface area contributed by atoms with Crippen molar-refractivity contribution in [1.82, 2.24) is 14.8 Å². The number of amides is 2. The molecule has 1 unspecified atom stereocenters. The first-order chi connectivity index (χ1) is 18.3. The van der Waals surface area contributed by atoms with E-state index in [-0.39, 0.29) is 65.6 Å². The van der Waals surface area contributed by atoms with Crippen LogP contribution >= 0.6 is 11.6 Å². The lowest BCUT2D eigenvalue weighted by Gasteiger charge is -2.40. The van der Waals surface area contributed by atoms with E-state index in [1.807, 2.05) is 18.7 Å². The summed E-state index contributed by atoms with van der Waals surface area (Å²) in [6, 6.07) is 5.70. The molecule has 1 aromatic heterocycles. The number of pyridine rings is 1. The van der Waals surface area contributed by atoms with E-state index in [2.05, 4.69) is 0 Å². The van der Waals surface area contributed by atoms with Crippen molar-refractivity contribution in [3.63, 3.8) is 0 Å². The smallest absolute Gasteiger partial charge is 0.410 e. The lowest BCUT2D eigenvalue weighted by Crippen LogP contribution is -2.58. The van der Waals surface area contributed by atoms with Gasteiger partial charge in [-0.2, -0.15) is 0 Å². The molecular formula is C28H34ClFN4O5. The van der Waals surface area contributed by atoms with Crippen molar-refractivity contribution in [1.29, 1.82) is 0 Å². The van der Waals surface area contributed by atoms with Gasteiger partial charge in [0, 0.05) is 37.3 Å². The summed E-state index contributed by atoms with van der Waals surface area (Å²) in [6.45, 7) is 10.4. The van der Waals surface area contributed by atoms with Crippen molar-refractivity contribution in [2.24, 2.45) is 0 Å². The van der Waals surface area contributed by atoms with Gasteiger partial charge < -0.3 is 29.3 Å². The number of nitrogens with zero attached hydrogens (tertiary/aromatic N) is 4. The van der Waals surface area contributed by atoms with Crippen LogP contribution in [0.5, 0.6) is 5.75 Å². The molecule has 11 heteroatoms. The average Bonchev–Trinajstić information content (AvgIpc) is 3.03. The van der Waals surface area contributed by atoms with Gasteiger partial charge in [-0.25, -0.2) is 14.2 Å². The number of rotatable bonds is 2. The molecule has 2 aromatic rings. The number of halogens is 2. The van der Waals surface area contributed by atoms with Crippen LogP contribution in [0.15, 0.2) is 24.3 Å². The maximum absolute atomic E-state index is 14.9. The van der Waals surface area contributed by atoms with Crippen molar-refractivity contribution in [3.05, 3.63) is 40.7 Å². The van der Waals surface area contributed by atoms with Gasteiger partial charge in [0.1, 0.15) is 34.4 Å². The number of carbonyl (C=O) groups excluding carboxylic acids is 2. The minimum atomic E-state index is -0.648. The van der Waals surface area contributed by atoms with Crippen LogP contribution in [-0.2, 0) is 4.74 Å². The average molecular weight is 561 g/mol. The van der Waals surface area contributed by atoms with Gasteiger partial charge in [0.15, 0.2) is 5.75 Å². The molecule has 0 spiro atoms. The topological polar surface area (TPSA) is 95.4 Å². The molecule has 3 aliphatic rings. The van der Waals surface area contributed by atoms with Gasteiger partial charge in [-0.15, -0.1) is 0 Å².